The van der Waals surface area contributed by atoms with Crippen molar-refractivity contribution >= 4 is 12.0 Å². The van der Waals surface area contributed by atoms with Crippen LogP contribution in [0.25, 0.3) is 0 Å². The number of likely N-dealkylation sites (tertiary alicyclic amines) is 1. The van der Waals surface area contributed by atoms with Gasteiger partial charge in [-0.1, -0.05) is 74.2 Å². The Bertz CT molecular complexity index is 865. The number of rotatable bonds is 8. The zero-order chi connectivity index (χ0) is 21.9. The van der Waals surface area contributed by atoms with Gasteiger partial charge in [-0.3, -0.25) is 9.89 Å². The summed E-state index contributed by atoms with van der Waals surface area (Å²) in [5.74, 6) is 1.20. The van der Waals surface area contributed by atoms with Crippen molar-refractivity contribution in [3.8, 4) is 0 Å². The van der Waals surface area contributed by atoms with Gasteiger partial charge in [0.15, 0.2) is 0 Å². The lowest BCUT2D eigenvalue weighted by atomic mass is 10.0. The monoisotopic (exact) mass is 420 g/mol. The molecule has 1 heterocycles. The second kappa shape index (κ2) is 11.9. The largest absolute Gasteiger partial charge is 0.446 e. The van der Waals surface area contributed by atoms with Gasteiger partial charge >= 0.3 is 6.09 Å². The summed E-state index contributed by atoms with van der Waals surface area (Å²) >= 11 is 0. The van der Waals surface area contributed by atoms with Gasteiger partial charge in [0.2, 0.25) is 5.90 Å². The van der Waals surface area contributed by atoms with Crippen molar-refractivity contribution in [2.45, 2.75) is 51.7 Å². The van der Waals surface area contributed by atoms with Gasteiger partial charge in [0.25, 0.3) is 0 Å². The Morgan fingerprint density at radius 2 is 1.74 bits per heavy atom. The van der Waals surface area contributed by atoms with E-state index in [0.29, 0.717) is 31.2 Å². The minimum Gasteiger partial charge on any atom is -0.446 e. The van der Waals surface area contributed by atoms with E-state index in [0.717, 1.165) is 36.8 Å². The first-order chi connectivity index (χ1) is 15.2. The fourth-order valence-electron chi connectivity index (χ4n) is 3.64. The van der Waals surface area contributed by atoms with Crippen molar-refractivity contribution in [2.75, 3.05) is 13.1 Å². The molecule has 1 aliphatic rings. The minimum absolute atomic E-state index is 0.226. The van der Waals surface area contributed by atoms with Crippen LogP contribution in [0.15, 0.2) is 78.0 Å². The summed E-state index contributed by atoms with van der Waals surface area (Å²) < 4.78 is 11.8. The highest BCUT2D eigenvalue weighted by atomic mass is 16.6. The van der Waals surface area contributed by atoms with Crippen LogP contribution in [0.3, 0.4) is 0 Å². The van der Waals surface area contributed by atoms with Crippen LogP contribution in [-0.4, -0.2) is 36.0 Å². The molecule has 0 N–H and O–H groups in total. The number of nitrogens with zero attached hydrogens (tertiary/aromatic N) is 2. The highest BCUT2D eigenvalue weighted by molar-refractivity contribution is 5.86. The molecule has 1 fully saturated rings. The lowest BCUT2D eigenvalue weighted by molar-refractivity contribution is 0.0767. The van der Waals surface area contributed by atoms with E-state index in [1.54, 1.807) is 4.90 Å². The van der Waals surface area contributed by atoms with E-state index in [1.807, 2.05) is 60.7 Å². The Morgan fingerprint density at radius 3 is 2.42 bits per heavy atom. The van der Waals surface area contributed by atoms with Gasteiger partial charge in [-0.05, 0) is 36.8 Å². The normalized spacial score (nSPS) is 16.6. The molecular weight excluding hydrogens is 388 g/mol. The number of allylic oxidation sites excluding steroid dienone is 1. The molecule has 1 saturated heterocycles. The van der Waals surface area contributed by atoms with Gasteiger partial charge < -0.3 is 9.47 Å². The molecular formula is C26H32N2O3. The fourth-order valence-corrected chi connectivity index (χ4v) is 3.64. The van der Waals surface area contributed by atoms with Crippen molar-refractivity contribution in [1.29, 1.82) is 0 Å². The summed E-state index contributed by atoms with van der Waals surface area (Å²) in [6.45, 7) is 7.72. The maximum Gasteiger partial charge on any atom is 0.410 e. The van der Waals surface area contributed by atoms with Crippen LogP contribution in [0.5, 0.6) is 0 Å². The van der Waals surface area contributed by atoms with Crippen LogP contribution in [0.4, 0.5) is 4.79 Å². The molecule has 3 rings (SSSR count). The maximum atomic E-state index is 12.9. The molecule has 0 saturated carbocycles. The summed E-state index contributed by atoms with van der Waals surface area (Å²) in [6, 6.07) is 19.6. The molecule has 1 aliphatic heterocycles. The molecule has 0 aromatic heterocycles. The van der Waals surface area contributed by atoms with E-state index in [1.165, 1.54) is 0 Å². The molecule has 5 heteroatoms. The van der Waals surface area contributed by atoms with Crippen molar-refractivity contribution < 1.29 is 14.3 Å². The molecule has 0 radical (unpaired) electrons. The third-order valence-corrected chi connectivity index (χ3v) is 5.21. The Labute approximate surface area is 185 Å². The lowest BCUT2D eigenvalue weighted by Gasteiger charge is -2.35. The second-order valence-corrected chi connectivity index (χ2v) is 7.77. The fraction of sp³-hybridized carbons (Fsp3) is 0.385. The lowest BCUT2D eigenvalue weighted by Crippen LogP contribution is -2.49. The van der Waals surface area contributed by atoms with E-state index < -0.39 is 0 Å². The molecule has 1 amide bonds. The van der Waals surface area contributed by atoms with Gasteiger partial charge in [0.1, 0.15) is 18.4 Å². The van der Waals surface area contributed by atoms with Gasteiger partial charge in [0, 0.05) is 19.5 Å². The third-order valence-electron chi connectivity index (χ3n) is 5.21. The number of carbonyl (C=O) groups is 1. The summed E-state index contributed by atoms with van der Waals surface area (Å²) in [7, 11) is 0. The van der Waals surface area contributed by atoms with Gasteiger partial charge in [0.05, 0.1) is 0 Å². The first kappa shape index (κ1) is 22.6. The van der Waals surface area contributed by atoms with Crippen LogP contribution in [-0.2, 0) is 22.5 Å². The molecule has 164 valence electrons. The average molecular weight is 421 g/mol. The summed E-state index contributed by atoms with van der Waals surface area (Å²) in [4.78, 5) is 19.4. The van der Waals surface area contributed by atoms with Crippen LogP contribution in [0, 0.1) is 0 Å². The van der Waals surface area contributed by atoms with Gasteiger partial charge in [-0.15, -0.1) is 0 Å². The maximum absolute atomic E-state index is 12.9. The molecule has 0 aliphatic carbocycles. The van der Waals surface area contributed by atoms with Crippen molar-refractivity contribution in [3.05, 3.63) is 84.1 Å². The number of piperidine rings is 1. The Morgan fingerprint density at radius 1 is 1.06 bits per heavy atom. The zero-order valence-electron chi connectivity index (χ0n) is 18.3. The third kappa shape index (κ3) is 6.99. The smallest absolute Gasteiger partial charge is 0.410 e. The Hall–Kier alpha value is -3.08. The van der Waals surface area contributed by atoms with E-state index >= 15 is 0 Å². The predicted octanol–water partition coefficient (Wildman–Crippen LogP) is 5.76. The van der Waals surface area contributed by atoms with Gasteiger partial charge in [-0.2, -0.15) is 0 Å². The van der Waals surface area contributed by atoms with Crippen LogP contribution >= 0.6 is 0 Å². The standard InChI is InChI=1S/C26H32N2O3/c1-3-17-27-25(31-21(2)19-22-12-6-4-7-13-22)24-16-10-11-18-28(24)26(29)30-20-23-14-8-5-9-15-23/h4-9,12-15,24H,2-3,10-11,16-20H2,1H3. The van der Waals surface area contributed by atoms with Crippen molar-refractivity contribution in [3.63, 3.8) is 0 Å². The molecule has 1 atom stereocenters. The minimum atomic E-state index is -0.324. The van der Waals surface area contributed by atoms with Crippen LogP contribution in [0.2, 0.25) is 0 Å². The second-order valence-electron chi connectivity index (χ2n) is 7.77. The van der Waals surface area contributed by atoms with Crippen molar-refractivity contribution in [1.82, 2.24) is 4.90 Å². The number of hydrogen-bond acceptors (Lipinski definition) is 4. The highest BCUT2D eigenvalue weighted by Crippen LogP contribution is 2.22. The number of aliphatic imine (C=N–C) groups is 1. The average Bonchev–Trinajstić information content (AvgIpc) is 2.81. The topological polar surface area (TPSA) is 51.1 Å². The molecule has 2 aromatic rings. The van der Waals surface area contributed by atoms with E-state index in [9.17, 15) is 4.79 Å². The Kier molecular flexibility index (Phi) is 8.71. The number of ether oxygens (including phenoxy) is 2. The first-order valence-electron chi connectivity index (χ1n) is 11.1. The molecule has 5 nitrogen and oxygen atoms in total. The summed E-state index contributed by atoms with van der Waals surface area (Å²) in [6.07, 6.45) is 3.97. The SMILES string of the molecule is C=C(Cc1ccccc1)OC(=NCCC)C1CCCCN1C(=O)OCc1ccccc1. The van der Waals surface area contributed by atoms with E-state index in [2.05, 4.69) is 18.5 Å². The summed E-state index contributed by atoms with van der Waals surface area (Å²) in [5.41, 5.74) is 2.10. The number of hydrogen-bond donors (Lipinski definition) is 0. The molecule has 0 bridgehead atoms. The van der Waals surface area contributed by atoms with Gasteiger partial charge in [-0.25, -0.2) is 4.79 Å². The Balaban J connectivity index is 1.68. The number of amides is 1. The molecule has 2 aromatic carbocycles. The predicted molar refractivity (Wildman–Crippen MR) is 124 cm³/mol. The summed E-state index contributed by atoms with van der Waals surface area (Å²) in [5, 5.41) is 0. The first-order valence-corrected chi connectivity index (χ1v) is 11.1. The van der Waals surface area contributed by atoms with Crippen LogP contribution in [0.1, 0.15) is 43.7 Å². The quantitative estimate of drug-likeness (QED) is 0.310. The van der Waals surface area contributed by atoms with E-state index in [-0.39, 0.29) is 18.7 Å². The zero-order valence-corrected chi connectivity index (χ0v) is 18.3. The highest BCUT2D eigenvalue weighted by Gasteiger charge is 2.33. The molecule has 31 heavy (non-hydrogen) atoms. The number of carbonyl (C=O) groups excluding carboxylic acids is 1. The van der Waals surface area contributed by atoms with E-state index in [4.69, 9.17) is 9.47 Å². The molecule has 0 spiro atoms. The molecule has 1 unspecified atom stereocenters. The van der Waals surface area contributed by atoms with Crippen molar-refractivity contribution in [2.24, 2.45) is 4.99 Å². The van der Waals surface area contributed by atoms with Crippen LogP contribution < -0.4 is 0 Å². The number of benzene rings is 2.